The SMILES string of the molecule is CCCC(=O)NCC1CCCCN1C. The minimum atomic E-state index is 0.200. The van der Waals surface area contributed by atoms with Crippen LogP contribution in [0.15, 0.2) is 0 Å². The number of piperidine rings is 1. The number of amides is 1. The van der Waals surface area contributed by atoms with Crippen LogP contribution in [0.25, 0.3) is 0 Å². The lowest BCUT2D eigenvalue weighted by Crippen LogP contribution is -2.44. The number of likely N-dealkylation sites (N-methyl/N-ethyl adjacent to an activating group) is 1. The standard InChI is InChI=1S/C11H22N2O/c1-3-6-11(14)12-9-10-7-4-5-8-13(10)2/h10H,3-9H2,1-2H3,(H,12,14). The molecule has 0 spiro atoms. The Morgan fingerprint density at radius 1 is 1.50 bits per heavy atom. The summed E-state index contributed by atoms with van der Waals surface area (Å²) in [6.45, 7) is 4.04. The van der Waals surface area contributed by atoms with E-state index in [0.29, 0.717) is 12.5 Å². The van der Waals surface area contributed by atoms with E-state index in [1.165, 1.54) is 25.8 Å². The number of likely N-dealkylation sites (tertiary alicyclic amines) is 1. The highest BCUT2D eigenvalue weighted by Crippen LogP contribution is 2.13. The van der Waals surface area contributed by atoms with E-state index in [2.05, 4.69) is 17.3 Å². The Kier molecular flexibility index (Phi) is 4.94. The van der Waals surface area contributed by atoms with E-state index in [4.69, 9.17) is 0 Å². The predicted octanol–water partition coefficient (Wildman–Crippen LogP) is 1.39. The summed E-state index contributed by atoms with van der Waals surface area (Å²) in [7, 11) is 2.15. The van der Waals surface area contributed by atoms with Crippen molar-refractivity contribution in [2.75, 3.05) is 20.1 Å². The number of hydrogen-bond acceptors (Lipinski definition) is 2. The molecule has 1 heterocycles. The van der Waals surface area contributed by atoms with Gasteiger partial charge in [0.15, 0.2) is 0 Å². The molecule has 14 heavy (non-hydrogen) atoms. The largest absolute Gasteiger partial charge is 0.355 e. The highest BCUT2D eigenvalue weighted by atomic mass is 16.1. The first kappa shape index (κ1) is 11.5. The molecule has 1 aliphatic heterocycles. The van der Waals surface area contributed by atoms with Crippen molar-refractivity contribution < 1.29 is 4.79 Å². The molecule has 1 saturated heterocycles. The molecule has 0 bridgehead atoms. The third-order valence-electron chi connectivity index (χ3n) is 2.93. The molecule has 1 atom stereocenters. The summed E-state index contributed by atoms with van der Waals surface area (Å²) in [5, 5.41) is 3.00. The van der Waals surface area contributed by atoms with E-state index in [0.717, 1.165) is 13.0 Å². The van der Waals surface area contributed by atoms with Crippen LogP contribution >= 0.6 is 0 Å². The van der Waals surface area contributed by atoms with Gasteiger partial charge in [-0.2, -0.15) is 0 Å². The van der Waals surface area contributed by atoms with Crippen LogP contribution in [0, 0.1) is 0 Å². The van der Waals surface area contributed by atoms with Gasteiger partial charge in [0.2, 0.25) is 5.91 Å². The molecule has 82 valence electrons. The first-order valence-corrected chi connectivity index (χ1v) is 5.71. The van der Waals surface area contributed by atoms with E-state index in [1.54, 1.807) is 0 Å². The number of hydrogen-bond donors (Lipinski definition) is 1. The van der Waals surface area contributed by atoms with Gasteiger partial charge < -0.3 is 10.2 Å². The van der Waals surface area contributed by atoms with Crippen LogP contribution in [0.5, 0.6) is 0 Å². The molecule has 1 aliphatic rings. The Balaban J connectivity index is 2.19. The van der Waals surface area contributed by atoms with Gasteiger partial charge in [0.05, 0.1) is 0 Å². The number of rotatable bonds is 4. The first-order valence-electron chi connectivity index (χ1n) is 5.71. The molecule has 0 saturated carbocycles. The van der Waals surface area contributed by atoms with Crippen LogP contribution in [-0.4, -0.2) is 37.0 Å². The monoisotopic (exact) mass is 198 g/mol. The molecule has 3 heteroatoms. The second-order valence-corrected chi connectivity index (χ2v) is 4.18. The van der Waals surface area contributed by atoms with E-state index in [1.807, 2.05) is 6.92 Å². The zero-order valence-electron chi connectivity index (χ0n) is 9.38. The Bertz CT molecular complexity index is 182. The van der Waals surface area contributed by atoms with Crippen molar-refractivity contribution in [3.05, 3.63) is 0 Å². The third kappa shape index (κ3) is 3.66. The summed E-state index contributed by atoms with van der Waals surface area (Å²) >= 11 is 0. The molecule has 3 nitrogen and oxygen atoms in total. The second-order valence-electron chi connectivity index (χ2n) is 4.18. The van der Waals surface area contributed by atoms with Crippen LogP contribution in [0.1, 0.15) is 39.0 Å². The molecular formula is C11H22N2O. The summed E-state index contributed by atoms with van der Waals surface area (Å²) in [4.78, 5) is 13.6. The topological polar surface area (TPSA) is 32.3 Å². The van der Waals surface area contributed by atoms with E-state index >= 15 is 0 Å². The van der Waals surface area contributed by atoms with Crippen molar-refractivity contribution in [3.63, 3.8) is 0 Å². The van der Waals surface area contributed by atoms with Gasteiger partial charge >= 0.3 is 0 Å². The second kappa shape index (κ2) is 6.02. The minimum Gasteiger partial charge on any atom is -0.355 e. The fourth-order valence-electron chi connectivity index (χ4n) is 1.95. The summed E-state index contributed by atoms with van der Waals surface area (Å²) in [5.41, 5.74) is 0. The molecule has 0 radical (unpaired) electrons. The van der Waals surface area contributed by atoms with Crippen LogP contribution in [0.4, 0.5) is 0 Å². The van der Waals surface area contributed by atoms with Crippen molar-refractivity contribution in [2.45, 2.75) is 45.1 Å². The molecule has 1 amide bonds. The number of nitrogens with one attached hydrogen (secondary N) is 1. The highest BCUT2D eigenvalue weighted by Gasteiger charge is 2.18. The molecule has 0 aromatic carbocycles. The molecule has 0 aliphatic carbocycles. The lowest BCUT2D eigenvalue weighted by atomic mass is 10.0. The maximum absolute atomic E-state index is 11.3. The van der Waals surface area contributed by atoms with Crippen molar-refractivity contribution in [3.8, 4) is 0 Å². The van der Waals surface area contributed by atoms with Crippen LogP contribution in [0.3, 0.4) is 0 Å². The van der Waals surface area contributed by atoms with Crippen LogP contribution in [0.2, 0.25) is 0 Å². The van der Waals surface area contributed by atoms with Crippen molar-refractivity contribution in [2.24, 2.45) is 0 Å². The smallest absolute Gasteiger partial charge is 0.220 e. The van der Waals surface area contributed by atoms with Crippen LogP contribution in [-0.2, 0) is 4.79 Å². The Labute approximate surface area is 86.9 Å². The zero-order valence-corrected chi connectivity index (χ0v) is 9.38. The van der Waals surface area contributed by atoms with Crippen LogP contribution < -0.4 is 5.32 Å². The lowest BCUT2D eigenvalue weighted by Gasteiger charge is -2.32. The number of carbonyl (C=O) groups excluding carboxylic acids is 1. The number of carbonyl (C=O) groups is 1. The molecular weight excluding hydrogens is 176 g/mol. The van der Waals surface area contributed by atoms with E-state index in [9.17, 15) is 4.79 Å². The van der Waals surface area contributed by atoms with Gasteiger partial charge in [-0.15, -0.1) is 0 Å². The van der Waals surface area contributed by atoms with Gasteiger partial charge in [0.1, 0.15) is 0 Å². The molecule has 1 unspecified atom stereocenters. The van der Waals surface area contributed by atoms with Gasteiger partial charge in [-0.05, 0) is 32.9 Å². The summed E-state index contributed by atoms with van der Waals surface area (Å²) in [6.07, 6.45) is 5.43. The van der Waals surface area contributed by atoms with Gasteiger partial charge in [-0.25, -0.2) is 0 Å². The van der Waals surface area contributed by atoms with Gasteiger partial charge in [0, 0.05) is 19.0 Å². The van der Waals surface area contributed by atoms with Gasteiger partial charge in [-0.1, -0.05) is 13.3 Å². The fraction of sp³-hybridized carbons (Fsp3) is 0.909. The molecule has 1 N–H and O–H groups in total. The normalized spacial score (nSPS) is 23.4. The van der Waals surface area contributed by atoms with Gasteiger partial charge in [-0.3, -0.25) is 4.79 Å². The average Bonchev–Trinajstić information content (AvgIpc) is 2.17. The summed E-state index contributed by atoms with van der Waals surface area (Å²) in [6, 6.07) is 0.560. The molecule has 1 fully saturated rings. The Morgan fingerprint density at radius 2 is 2.29 bits per heavy atom. The van der Waals surface area contributed by atoms with Crippen molar-refractivity contribution >= 4 is 5.91 Å². The summed E-state index contributed by atoms with van der Waals surface area (Å²) in [5.74, 6) is 0.200. The zero-order chi connectivity index (χ0) is 10.4. The quantitative estimate of drug-likeness (QED) is 0.740. The third-order valence-corrected chi connectivity index (χ3v) is 2.93. The van der Waals surface area contributed by atoms with Crippen molar-refractivity contribution in [1.82, 2.24) is 10.2 Å². The first-order chi connectivity index (χ1) is 6.74. The average molecular weight is 198 g/mol. The maximum Gasteiger partial charge on any atom is 0.220 e. The van der Waals surface area contributed by atoms with Crippen molar-refractivity contribution in [1.29, 1.82) is 0 Å². The van der Waals surface area contributed by atoms with Gasteiger partial charge in [0.25, 0.3) is 0 Å². The minimum absolute atomic E-state index is 0.200. The fourth-order valence-corrected chi connectivity index (χ4v) is 1.95. The highest BCUT2D eigenvalue weighted by molar-refractivity contribution is 5.75. The lowest BCUT2D eigenvalue weighted by molar-refractivity contribution is -0.121. The van der Waals surface area contributed by atoms with E-state index < -0.39 is 0 Å². The summed E-state index contributed by atoms with van der Waals surface area (Å²) < 4.78 is 0. The Morgan fingerprint density at radius 3 is 2.93 bits per heavy atom. The number of nitrogens with zero attached hydrogens (tertiary/aromatic N) is 1. The molecule has 1 rings (SSSR count). The maximum atomic E-state index is 11.3. The molecule has 0 aromatic rings. The molecule has 0 aromatic heterocycles. The Hall–Kier alpha value is -0.570. The van der Waals surface area contributed by atoms with E-state index in [-0.39, 0.29) is 5.91 Å². The predicted molar refractivity (Wildman–Crippen MR) is 58.2 cm³/mol.